The SMILES string of the molecule is CC(C)OCCOCC(=O)c1ccc(Br)cc1. The Balaban J connectivity index is 2.23. The molecule has 1 aromatic carbocycles. The fourth-order valence-corrected chi connectivity index (χ4v) is 1.49. The van der Waals surface area contributed by atoms with Gasteiger partial charge in [0, 0.05) is 10.0 Å². The molecular formula is C13H17BrO3. The van der Waals surface area contributed by atoms with Crippen molar-refractivity contribution in [1.29, 1.82) is 0 Å². The van der Waals surface area contributed by atoms with Gasteiger partial charge in [0.15, 0.2) is 5.78 Å². The number of rotatable bonds is 7. The van der Waals surface area contributed by atoms with Gasteiger partial charge in [-0.3, -0.25) is 4.79 Å². The van der Waals surface area contributed by atoms with E-state index in [1.807, 2.05) is 26.0 Å². The number of hydrogen-bond donors (Lipinski definition) is 0. The molecule has 0 amide bonds. The molecule has 0 heterocycles. The lowest BCUT2D eigenvalue weighted by atomic mass is 10.1. The monoisotopic (exact) mass is 300 g/mol. The molecule has 1 aromatic rings. The lowest BCUT2D eigenvalue weighted by Crippen LogP contribution is -2.14. The molecule has 0 fully saturated rings. The fourth-order valence-electron chi connectivity index (χ4n) is 1.23. The van der Waals surface area contributed by atoms with Crippen molar-refractivity contribution in [3.05, 3.63) is 34.3 Å². The van der Waals surface area contributed by atoms with E-state index in [0.29, 0.717) is 18.8 Å². The number of ether oxygens (including phenoxy) is 2. The zero-order valence-electron chi connectivity index (χ0n) is 10.1. The third-order valence-corrected chi connectivity index (χ3v) is 2.61. The van der Waals surface area contributed by atoms with Gasteiger partial charge in [0.2, 0.25) is 0 Å². The average Bonchev–Trinajstić information content (AvgIpc) is 2.29. The van der Waals surface area contributed by atoms with Crippen LogP contribution in [0.4, 0.5) is 0 Å². The molecule has 17 heavy (non-hydrogen) atoms. The highest BCUT2D eigenvalue weighted by molar-refractivity contribution is 9.10. The van der Waals surface area contributed by atoms with Crippen molar-refractivity contribution in [3.63, 3.8) is 0 Å². The maximum absolute atomic E-state index is 11.7. The highest BCUT2D eigenvalue weighted by Gasteiger charge is 2.05. The summed E-state index contributed by atoms with van der Waals surface area (Å²) in [6.45, 7) is 4.99. The summed E-state index contributed by atoms with van der Waals surface area (Å²) >= 11 is 3.32. The van der Waals surface area contributed by atoms with Crippen LogP contribution in [0.2, 0.25) is 0 Å². The molecule has 0 spiro atoms. The predicted molar refractivity (Wildman–Crippen MR) is 70.4 cm³/mol. The molecule has 0 bridgehead atoms. The van der Waals surface area contributed by atoms with Gasteiger partial charge < -0.3 is 9.47 Å². The summed E-state index contributed by atoms with van der Waals surface area (Å²) in [7, 11) is 0. The minimum absolute atomic E-state index is 0.0120. The molecule has 0 radical (unpaired) electrons. The lowest BCUT2D eigenvalue weighted by molar-refractivity contribution is 0.0208. The third kappa shape index (κ3) is 5.96. The van der Waals surface area contributed by atoms with E-state index in [1.54, 1.807) is 12.1 Å². The van der Waals surface area contributed by atoms with Crippen LogP contribution >= 0.6 is 15.9 Å². The van der Waals surface area contributed by atoms with Gasteiger partial charge in [-0.25, -0.2) is 0 Å². The van der Waals surface area contributed by atoms with Gasteiger partial charge in [-0.1, -0.05) is 28.1 Å². The summed E-state index contributed by atoms with van der Waals surface area (Å²) in [5, 5.41) is 0. The maximum Gasteiger partial charge on any atom is 0.188 e. The summed E-state index contributed by atoms with van der Waals surface area (Å²) in [6, 6.07) is 7.24. The topological polar surface area (TPSA) is 35.5 Å². The molecule has 4 heteroatoms. The number of carbonyl (C=O) groups excluding carboxylic acids is 1. The Morgan fingerprint density at radius 2 is 1.88 bits per heavy atom. The standard InChI is InChI=1S/C13H17BrO3/c1-10(2)17-8-7-16-9-13(15)11-3-5-12(14)6-4-11/h3-6,10H,7-9H2,1-2H3. The minimum Gasteiger partial charge on any atom is -0.376 e. The van der Waals surface area contributed by atoms with E-state index in [9.17, 15) is 4.79 Å². The van der Waals surface area contributed by atoms with Crippen LogP contribution in [0, 0.1) is 0 Å². The summed E-state index contributed by atoms with van der Waals surface area (Å²) in [5.41, 5.74) is 0.665. The van der Waals surface area contributed by atoms with Crippen LogP contribution in [0.5, 0.6) is 0 Å². The molecule has 94 valence electrons. The van der Waals surface area contributed by atoms with Crippen LogP contribution in [-0.2, 0) is 9.47 Å². The van der Waals surface area contributed by atoms with Crippen LogP contribution < -0.4 is 0 Å². The Kier molecular flexibility index (Phi) is 6.40. The molecule has 0 aliphatic heterocycles. The number of hydrogen-bond acceptors (Lipinski definition) is 3. The molecule has 0 aliphatic rings. The molecule has 0 atom stereocenters. The van der Waals surface area contributed by atoms with E-state index in [4.69, 9.17) is 9.47 Å². The van der Waals surface area contributed by atoms with E-state index in [-0.39, 0.29) is 18.5 Å². The van der Waals surface area contributed by atoms with Gasteiger partial charge >= 0.3 is 0 Å². The molecule has 0 aliphatic carbocycles. The number of ketones is 1. The lowest BCUT2D eigenvalue weighted by Gasteiger charge is -2.07. The normalized spacial score (nSPS) is 10.8. The first-order chi connectivity index (χ1) is 8.09. The van der Waals surface area contributed by atoms with E-state index in [1.165, 1.54) is 0 Å². The Hall–Kier alpha value is -0.710. The van der Waals surface area contributed by atoms with E-state index in [0.717, 1.165) is 4.47 Å². The first kappa shape index (κ1) is 14.4. The van der Waals surface area contributed by atoms with Crippen molar-refractivity contribution in [2.75, 3.05) is 19.8 Å². The predicted octanol–water partition coefficient (Wildman–Crippen LogP) is 3.07. The summed E-state index contributed by atoms with van der Waals surface area (Å²) in [4.78, 5) is 11.7. The molecule has 0 aromatic heterocycles. The average molecular weight is 301 g/mol. The molecular weight excluding hydrogens is 284 g/mol. The first-order valence-electron chi connectivity index (χ1n) is 5.57. The van der Waals surface area contributed by atoms with Crippen molar-refractivity contribution < 1.29 is 14.3 Å². The molecule has 0 N–H and O–H groups in total. The van der Waals surface area contributed by atoms with Crippen molar-refractivity contribution in [2.24, 2.45) is 0 Å². The minimum atomic E-state index is -0.0120. The molecule has 1 rings (SSSR count). The molecule has 0 saturated heterocycles. The van der Waals surface area contributed by atoms with E-state index < -0.39 is 0 Å². The highest BCUT2D eigenvalue weighted by atomic mass is 79.9. The van der Waals surface area contributed by atoms with Crippen molar-refractivity contribution in [3.8, 4) is 0 Å². The maximum atomic E-state index is 11.7. The third-order valence-electron chi connectivity index (χ3n) is 2.08. The smallest absolute Gasteiger partial charge is 0.188 e. The number of Topliss-reactive ketones (excluding diaryl/α,β-unsaturated/α-hetero) is 1. The Labute approximate surface area is 110 Å². The van der Waals surface area contributed by atoms with Gasteiger partial charge in [-0.15, -0.1) is 0 Å². The summed E-state index contributed by atoms with van der Waals surface area (Å²) in [6.07, 6.45) is 0.195. The Bertz CT molecular complexity index is 346. The second kappa shape index (κ2) is 7.58. The zero-order chi connectivity index (χ0) is 12.7. The van der Waals surface area contributed by atoms with Crippen molar-refractivity contribution >= 4 is 21.7 Å². The van der Waals surface area contributed by atoms with Crippen molar-refractivity contribution in [1.82, 2.24) is 0 Å². The van der Waals surface area contributed by atoms with Crippen LogP contribution in [0.1, 0.15) is 24.2 Å². The van der Waals surface area contributed by atoms with Gasteiger partial charge in [0.1, 0.15) is 6.61 Å². The van der Waals surface area contributed by atoms with Gasteiger partial charge in [0.05, 0.1) is 19.3 Å². The Morgan fingerprint density at radius 1 is 1.24 bits per heavy atom. The number of halogens is 1. The summed E-state index contributed by atoms with van der Waals surface area (Å²) < 4.78 is 11.5. The molecule has 0 unspecified atom stereocenters. The van der Waals surface area contributed by atoms with E-state index in [2.05, 4.69) is 15.9 Å². The number of carbonyl (C=O) groups is 1. The second-order valence-corrected chi connectivity index (χ2v) is 4.82. The van der Waals surface area contributed by atoms with Crippen LogP contribution in [-0.4, -0.2) is 31.7 Å². The Morgan fingerprint density at radius 3 is 2.47 bits per heavy atom. The molecule has 0 saturated carbocycles. The van der Waals surface area contributed by atoms with Gasteiger partial charge in [-0.05, 0) is 26.0 Å². The second-order valence-electron chi connectivity index (χ2n) is 3.90. The van der Waals surface area contributed by atoms with Gasteiger partial charge in [0.25, 0.3) is 0 Å². The number of benzene rings is 1. The molecule has 3 nitrogen and oxygen atoms in total. The van der Waals surface area contributed by atoms with Gasteiger partial charge in [-0.2, -0.15) is 0 Å². The van der Waals surface area contributed by atoms with Crippen LogP contribution in [0.3, 0.4) is 0 Å². The largest absolute Gasteiger partial charge is 0.376 e. The van der Waals surface area contributed by atoms with Crippen LogP contribution in [0.25, 0.3) is 0 Å². The zero-order valence-corrected chi connectivity index (χ0v) is 11.7. The fraction of sp³-hybridized carbons (Fsp3) is 0.462. The highest BCUT2D eigenvalue weighted by Crippen LogP contribution is 2.10. The first-order valence-corrected chi connectivity index (χ1v) is 6.37. The van der Waals surface area contributed by atoms with Crippen molar-refractivity contribution in [2.45, 2.75) is 20.0 Å². The van der Waals surface area contributed by atoms with Crippen LogP contribution in [0.15, 0.2) is 28.7 Å². The van der Waals surface area contributed by atoms with E-state index >= 15 is 0 Å². The quantitative estimate of drug-likeness (QED) is 0.573. The summed E-state index contributed by atoms with van der Waals surface area (Å²) in [5.74, 6) is -0.0120.